The van der Waals surface area contributed by atoms with Gasteiger partial charge >= 0.3 is 0 Å². The number of hydrogen-bond donors (Lipinski definition) is 0. The van der Waals surface area contributed by atoms with E-state index in [9.17, 15) is 4.39 Å². The van der Waals surface area contributed by atoms with Crippen LogP contribution in [-0.4, -0.2) is 40.4 Å². The van der Waals surface area contributed by atoms with Crippen LogP contribution in [0.1, 0.15) is 0 Å². The van der Waals surface area contributed by atoms with Crippen LogP contribution in [0.3, 0.4) is 0 Å². The van der Waals surface area contributed by atoms with Gasteiger partial charge in [-0.3, -0.25) is 0 Å². The summed E-state index contributed by atoms with van der Waals surface area (Å²) in [4.78, 5) is 9.43. The second kappa shape index (κ2) is 6.59. The highest BCUT2D eigenvalue weighted by atomic mass is 35.7. The maximum atomic E-state index is 14.5. The van der Waals surface area contributed by atoms with Gasteiger partial charge in [-0.2, -0.15) is 0 Å². The Kier molecular flexibility index (Phi) is 4.43. The van der Waals surface area contributed by atoms with Crippen molar-refractivity contribution in [3.05, 3.63) is 46.0 Å². The van der Waals surface area contributed by atoms with Crippen LogP contribution >= 0.6 is 20.4 Å². The summed E-state index contributed by atoms with van der Waals surface area (Å²) in [6.07, 6.45) is 0. The molecule has 1 fully saturated rings. The Bertz CT molecular complexity index is 958. The van der Waals surface area contributed by atoms with Crippen molar-refractivity contribution in [2.24, 2.45) is 4.99 Å². The predicted octanol–water partition coefficient (Wildman–Crippen LogP) is 3.73. The van der Waals surface area contributed by atoms with Gasteiger partial charge in [-0.1, -0.05) is 9.70 Å². The van der Waals surface area contributed by atoms with E-state index in [1.807, 2.05) is 37.2 Å². The molecule has 0 amide bonds. The fourth-order valence-electron chi connectivity index (χ4n) is 3.06. The molecular formula is C18H19ClFN3OS. The molecule has 2 aromatic carbocycles. The average molecular weight is 380 g/mol. The molecule has 1 atom stereocenters. The molecule has 0 radical (unpaired) electrons. The van der Waals surface area contributed by atoms with Crippen molar-refractivity contribution in [3.8, 4) is 0 Å². The number of nitrogens with zero attached hydrogens (tertiary/aromatic N) is 3. The summed E-state index contributed by atoms with van der Waals surface area (Å²) in [7, 11) is 9.81. The van der Waals surface area contributed by atoms with Gasteiger partial charge in [0.05, 0.1) is 18.6 Å². The van der Waals surface area contributed by atoms with E-state index in [2.05, 4.69) is 16.0 Å². The van der Waals surface area contributed by atoms with E-state index >= 15 is 0 Å². The van der Waals surface area contributed by atoms with Gasteiger partial charge in [0.25, 0.3) is 0 Å². The van der Waals surface area contributed by atoms with Crippen LogP contribution in [0.2, 0.25) is 0 Å². The lowest BCUT2D eigenvalue weighted by Crippen LogP contribution is -2.36. The lowest BCUT2D eigenvalue weighted by atomic mass is 10.2. The molecule has 7 heteroatoms. The Morgan fingerprint density at radius 2 is 1.96 bits per heavy atom. The third-order valence-corrected chi connectivity index (χ3v) is 6.88. The summed E-state index contributed by atoms with van der Waals surface area (Å²) in [5.74, 6) is -0.331. The number of anilines is 2. The number of rotatable bonds is 2. The first-order valence-corrected chi connectivity index (χ1v) is 10.2. The fourth-order valence-corrected chi connectivity index (χ4v) is 5.08. The zero-order valence-corrected chi connectivity index (χ0v) is 15.7. The first-order chi connectivity index (χ1) is 12.0. The van der Waals surface area contributed by atoms with Gasteiger partial charge in [-0.15, -0.1) is 0 Å². The summed E-state index contributed by atoms with van der Waals surface area (Å²) < 4.78 is 20.9. The summed E-state index contributed by atoms with van der Waals surface area (Å²) in [6.45, 7) is 3.19. The van der Waals surface area contributed by atoms with Crippen LogP contribution in [-0.2, 0) is 4.74 Å². The molecular weight excluding hydrogens is 361 g/mol. The smallest absolute Gasteiger partial charge is 0.152 e. The molecule has 25 heavy (non-hydrogen) atoms. The molecule has 1 saturated heterocycles. The Balaban J connectivity index is 1.87. The van der Waals surface area contributed by atoms with Gasteiger partial charge in [0, 0.05) is 48.0 Å². The van der Waals surface area contributed by atoms with E-state index in [0.29, 0.717) is 5.69 Å². The average Bonchev–Trinajstić information content (AvgIpc) is 2.63. The number of morpholine rings is 1. The second-order valence-corrected chi connectivity index (χ2v) is 8.61. The Morgan fingerprint density at radius 1 is 1.20 bits per heavy atom. The van der Waals surface area contributed by atoms with E-state index in [0.717, 1.165) is 52.4 Å². The number of benzene rings is 2. The van der Waals surface area contributed by atoms with Crippen LogP contribution in [0.25, 0.3) is 0 Å². The van der Waals surface area contributed by atoms with Crippen molar-refractivity contribution < 1.29 is 9.13 Å². The highest BCUT2D eigenvalue weighted by Crippen LogP contribution is 2.45. The Labute approximate surface area is 152 Å². The lowest BCUT2D eigenvalue weighted by molar-refractivity contribution is 0.122. The molecule has 0 aromatic heterocycles. The molecule has 4 rings (SSSR count). The normalized spacial score (nSPS) is 19.0. The van der Waals surface area contributed by atoms with Crippen molar-refractivity contribution in [3.63, 3.8) is 0 Å². The molecule has 2 heterocycles. The van der Waals surface area contributed by atoms with E-state index in [-0.39, 0.29) is 5.82 Å². The molecule has 0 saturated carbocycles. The van der Waals surface area contributed by atoms with Crippen molar-refractivity contribution >= 4 is 37.4 Å². The van der Waals surface area contributed by atoms with Crippen LogP contribution in [0, 0.1) is 10.3 Å². The molecule has 0 spiro atoms. The van der Waals surface area contributed by atoms with Gasteiger partial charge in [-0.05, 0) is 41.0 Å². The second-order valence-electron chi connectivity index (χ2n) is 6.29. The zero-order chi connectivity index (χ0) is 17.6. The minimum Gasteiger partial charge on any atom is -0.378 e. The lowest BCUT2D eigenvalue weighted by Gasteiger charge is -2.29. The van der Waals surface area contributed by atoms with Crippen molar-refractivity contribution in [2.75, 3.05) is 50.2 Å². The fraction of sp³-hybridized carbons (Fsp3) is 0.333. The van der Waals surface area contributed by atoms with Gasteiger partial charge in [0.2, 0.25) is 0 Å². The minimum absolute atomic E-state index is 0.331. The van der Waals surface area contributed by atoms with Crippen molar-refractivity contribution in [2.45, 2.75) is 4.90 Å². The molecule has 2 aromatic rings. The van der Waals surface area contributed by atoms with Gasteiger partial charge in [0.1, 0.15) is 5.69 Å². The maximum Gasteiger partial charge on any atom is 0.152 e. The van der Waals surface area contributed by atoms with E-state index in [1.54, 1.807) is 0 Å². The van der Waals surface area contributed by atoms with E-state index in [1.165, 1.54) is 6.07 Å². The van der Waals surface area contributed by atoms with Gasteiger partial charge < -0.3 is 14.5 Å². The first-order valence-electron chi connectivity index (χ1n) is 8.14. The Hall–Kier alpha value is -1.63. The van der Waals surface area contributed by atoms with Crippen LogP contribution in [0.15, 0.2) is 40.2 Å². The predicted molar refractivity (Wildman–Crippen MR) is 102 cm³/mol. The first kappa shape index (κ1) is 16.8. The monoisotopic (exact) mass is 379 g/mol. The SMILES string of the molecule is CN(C)c1cc(F)c2c(c1)S(Cl)=c1cc(N3CCOCC3)ccc1=N2. The van der Waals surface area contributed by atoms with Crippen LogP contribution in [0.5, 0.6) is 0 Å². The topological polar surface area (TPSA) is 28.1 Å². The van der Waals surface area contributed by atoms with Crippen LogP contribution in [0.4, 0.5) is 21.5 Å². The third-order valence-electron chi connectivity index (χ3n) is 4.47. The largest absolute Gasteiger partial charge is 0.378 e. The quantitative estimate of drug-likeness (QED) is 0.744. The minimum atomic E-state index is -0.738. The standard InChI is InChI=1S/C18H19ClFN3OS/c1-22(2)13-9-14(20)18-17(11-13)25(19)16-10-12(3-4-15(16)21-18)23-5-7-24-8-6-23/h3-4,9-11H,5-8H2,1-2H3. The van der Waals surface area contributed by atoms with Gasteiger partial charge in [0.15, 0.2) is 5.82 Å². The Morgan fingerprint density at radius 3 is 2.68 bits per heavy atom. The molecule has 0 aliphatic carbocycles. The highest BCUT2D eigenvalue weighted by Gasteiger charge is 2.19. The van der Waals surface area contributed by atoms with E-state index < -0.39 is 9.70 Å². The zero-order valence-electron chi connectivity index (χ0n) is 14.1. The van der Waals surface area contributed by atoms with Gasteiger partial charge in [-0.25, -0.2) is 9.38 Å². The molecule has 0 bridgehead atoms. The number of halogens is 2. The summed E-state index contributed by atoms with van der Waals surface area (Å²) in [5.41, 5.74) is 2.26. The molecule has 4 nitrogen and oxygen atoms in total. The number of hydrogen-bond acceptors (Lipinski definition) is 4. The van der Waals surface area contributed by atoms with Crippen molar-refractivity contribution in [1.29, 1.82) is 0 Å². The summed E-state index contributed by atoms with van der Waals surface area (Å²) in [6, 6.07) is 9.49. The maximum absolute atomic E-state index is 14.5. The summed E-state index contributed by atoms with van der Waals surface area (Å²) >= 11 is 0. The molecule has 1 unspecified atom stereocenters. The number of fused-ring (bicyclic) bond motifs is 2. The third kappa shape index (κ3) is 3.03. The highest BCUT2D eigenvalue weighted by molar-refractivity contribution is 8.29. The van der Waals surface area contributed by atoms with Crippen molar-refractivity contribution in [1.82, 2.24) is 0 Å². The summed E-state index contributed by atoms with van der Waals surface area (Å²) in [5, 5.41) is 0.749. The number of ether oxygens (including phenoxy) is 1. The van der Waals surface area contributed by atoms with Crippen LogP contribution < -0.4 is 15.2 Å². The molecule has 0 N–H and O–H groups in total. The molecule has 2 aliphatic rings. The molecule has 2 aliphatic heterocycles. The molecule has 132 valence electrons. The van der Waals surface area contributed by atoms with E-state index in [4.69, 9.17) is 15.4 Å².